The molecule has 1 fully saturated rings. The van der Waals surface area contributed by atoms with E-state index in [2.05, 4.69) is 41.2 Å². The van der Waals surface area contributed by atoms with Crippen LogP contribution in [0.25, 0.3) is 0 Å². The number of hydrogen-bond acceptors (Lipinski definition) is 4. The molecule has 0 aromatic carbocycles. The second-order valence-corrected chi connectivity index (χ2v) is 5.18. The lowest BCUT2D eigenvalue weighted by atomic mass is 10.2. The van der Waals surface area contributed by atoms with Crippen LogP contribution in [0, 0.1) is 0 Å². The number of nitrogens with one attached hydrogen (secondary N) is 1. The zero-order valence-corrected chi connectivity index (χ0v) is 12.1. The summed E-state index contributed by atoms with van der Waals surface area (Å²) in [6.45, 7) is 9.11. The number of aromatic nitrogens is 1. The van der Waals surface area contributed by atoms with E-state index in [9.17, 15) is 0 Å². The third-order valence-corrected chi connectivity index (χ3v) is 3.34. The average Bonchev–Trinajstić information content (AvgIpc) is 2.64. The minimum atomic E-state index is 0.283. The predicted octanol–water partition coefficient (Wildman–Crippen LogP) is 2.20. The van der Waals surface area contributed by atoms with Gasteiger partial charge in [0.2, 0.25) is 0 Å². The summed E-state index contributed by atoms with van der Waals surface area (Å²) >= 11 is 0. The van der Waals surface area contributed by atoms with Crippen LogP contribution >= 0.6 is 0 Å². The van der Waals surface area contributed by atoms with Gasteiger partial charge in [-0.05, 0) is 44.0 Å². The maximum absolute atomic E-state index is 5.68. The van der Waals surface area contributed by atoms with Gasteiger partial charge in [-0.15, -0.1) is 0 Å². The van der Waals surface area contributed by atoms with Crippen molar-refractivity contribution < 1.29 is 4.74 Å². The summed E-state index contributed by atoms with van der Waals surface area (Å²) in [5.41, 5.74) is 1.30. The second kappa shape index (κ2) is 7.46. The molecule has 2 rings (SSSR count). The van der Waals surface area contributed by atoms with Crippen LogP contribution in [0.3, 0.4) is 0 Å². The van der Waals surface area contributed by atoms with Crippen molar-refractivity contribution in [2.45, 2.75) is 39.3 Å². The van der Waals surface area contributed by atoms with E-state index in [-0.39, 0.29) is 6.10 Å². The zero-order chi connectivity index (χ0) is 13.5. The summed E-state index contributed by atoms with van der Waals surface area (Å²) in [6.07, 6.45) is 4.43. The zero-order valence-electron chi connectivity index (χ0n) is 12.1. The van der Waals surface area contributed by atoms with E-state index in [1.807, 2.05) is 6.20 Å². The first-order valence-corrected chi connectivity index (χ1v) is 7.31. The van der Waals surface area contributed by atoms with Gasteiger partial charge in [-0.2, -0.15) is 0 Å². The van der Waals surface area contributed by atoms with Crippen molar-refractivity contribution in [1.29, 1.82) is 0 Å². The van der Waals surface area contributed by atoms with Crippen molar-refractivity contribution in [3.8, 4) is 0 Å². The molecule has 1 aromatic heterocycles. The van der Waals surface area contributed by atoms with Crippen LogP contribution in [0.15, 0.2) is 18.3 Å². The van der Waals surface area contributed by atoms with Gasteiger partial charge in [-0.1, -0.05) is 6.92 Å². The van der Waals surface area contributed by atoms with Crippen molar-refractivity contribution in [2.24, 2.45) is 0 Å². The highest BCUT2D eigenvalue weighted by Gasteiger charge is 2.16. The van der Waals surface area contributed by atoms with Crippen molar-refractivity contribution in [1.82, 2.24) is 10.3 Å². The highest BCUT2D eigenvalue weighted by molar-refractivity contribution is 5.41. The number of rotatable bonds is 5. The third kappa shape index (κ3) is 4.48. The molecule has 0 spiro atoms. The van der Waals surface area contributed by atoms with Crippen LogP contribution < -0.4 is 10.2 Å². The molecule has 0 saturated carbocycles. The van der Waals surface area contributed by atoms with Crippen LogP contribution in [0.2, 0.25) is 0 Å². The highest BCUT2D eigenvalue weighted by atomic mass is 16.5. The fourth-order valence-electron chi connectivity index (χ4n) is 2.36. The topological polar surface area (TPSA) is 37.4 Å². The maximum Gasteiger partial charge on any atom is 0.128 e. The number of hydrogen-bond donors (Lipinski definition) is 1. The molecular weight excluding hydrogens is 238 g/mol. The molecule has 4 heteroatoms. The summed E-state index contributed by atoms with van der Waals surface area (Å²) in [4.78, 5) is 6.84. The van der Waals surface area contributed by atoms with E-state index in [0.717, 1.165) is 45.0 Å². The minimum Gasteiger partial charge on any atom is -0.377 e. The van der Waals surface area contributed by atoms with Crippen LogP contribution in [-0.4, -0.2) is 37.3 Å². The molecular formula is C15H25N3O. The minimum absolute atomic E-state index is 0.283. The summed E-state index contributed by atoms with van der Waals surface area (Å²) in [7, 11) is 0. The lowest BCUT2D eigenvalue weighted by molar-refractivity contribution is 0.0820. The first kappa shape index (κ1) is 14.3. The molecule has 1 N–H and O–H groups in total. The highest BCUT2D eigenvalue weighted by Crippen LogP contribution is 2.16. The van der Waals surface area contributed by atoms with Crippen LogP contribution in [0.4, 0.5) is 5.82 Å². The first-order valence-electron chi connectivity index (χ1n) is 7.31. The maximum atomic E-state index is 5.68. The van der Waals surface area contributed by atoms with Gasteiger partial charge in [-0.25, -0.2) is 4.98 Å². The lowest BCUT2D eigenvalue weighted by Crippen LogP contribution is -2.30. The number of anilines is 1. The number of pyridine rings is 1. The molecule has 2 heterocycles. The van der Waals surface area contributed by atoms with Gasteiger partial charge in [0.1, 0.15) is 5.82 Å². The van der Waals surface area contributed by atoms with Gasteiger partial charge in [0, 0.05) is 32.4 Å². The Morgan fingerprint density at radius 2 is 2.42 bits per heavy atom. The van der Waals surface area contributed by atoms with E-state index in [4.69, 9.17) is 4.74 Å². The summed E-state index contributed by atoms with van der Waals surface area (Å²) in [5, 5.41) is 3.43. The summed E-state index contributed by atoms with van der Waals surface area (Å²) < 4.78 is 5.68. The Labute approximate surface area is 116 Å². The first-order chi connectivity index (χ1) is 9.29. The molecule has 1 aliphatic heterocycles. The molecule has 0 aliphatic carbocycles. The van der Waals surface area contributed by atoms with Crippen molar-refractivity contribution in [2.75, 3.05) is 31.1 Å². The molecule has 1 aromatic rings. The third-order valence-electron chi connectivity index (χ3n) is 3.34. The molecule has 1 aliphatic rings. The van der Waals surface area contributed by atoms with E-state index in [0.29, 0.717) is 0 Å². The lowest BCUT2D eigenvalue weighted by Gasteiger charge is -2.23. The largest absolute Gasteiger partial charge is 0.377 e. The van der Waals surface area contributed by atoms with Gasteiger partial charge in [0.15, 0.2) is 0 Å². The Hall–Kier alpha value is -1.13. The Balaban J connectivity index is 2.00. The molecule has 1 atom stereocenters. The van der Waals surface area contributed by atoms with Crippen LogP contribution in [0.5, 0.6) is 0 Å². The molecule has 19 heavy (non-hydrogen) atoms. The quantitative estimate of drug-likeness (QED) is 0.826. The van der Waals surface area contributed by atoms with Gasteiger partial charge in [0.25, 0.3) is 0 Å². The van der Waals surface area contributed by atoms with Crippen molar-refractivity contribution in [3.63, 3.8) is 0 Å². The van der Waals surface area contributed by atoms with Gasteiger partial charge in [-0.3, -0.25) is 0 Å². The van der Waals surface area contributed by atoms with Gasteiger partial charge in [0.05, 0.1) is 6.10 Å². The Morgan fingerprint density at radius 1 is 1.53 bits per heavy atom. The van der Waals surface area contributed by atoms with Crippen LogP contribution in [-0.2, 0) is 11.3 Å². The van der Waals surface area contributed by atoms with E-state index in [1.165, 1.54) is 12.0 Å². The standard InChI is InChI=1S/C15H25N3O/c1-3-6-16-11-14-5-7-17-15(10-14)18-8-4-9-19-13(2)12-18/h5,7,10,13,16H,3-4,6,8-9,11-12H2,1-2H3. The number of ether oxygens (including phenoxy) is 1. The van der Waals surface area contributed by atoms with E-state index >= 15 is 0 Å². The fraction of sp³-hybridized carbons (Fsp3) is 0.667. The Kier molecular flexibility index (Phi) is 5.61. The van der Waals surface area contributed by atoms with Crippen molar-refractivity contribution >= 4 is 5.82 Å². The van der Waals surface area contributed by atoms with E-state index < -0.39 is 0 Å². The Morgan fingerprint density at radius 3 is 3.26 bits per heavy atom. The summed E-state index contributed by atoms with van der Waals surface area (Å²) in [6, 6.07) is 4.28. The SMILES string of the molecule is CCCNCc1ccnc(N2CCCOC(C)C2)c1. The summed E-state index contributed by atoms with van der Waals surface area (Å²) in [5.74, 6) is 1.08. The second-order valence-electron chi connectivity index (χ2n) is 5.18. The Bertz CT molecular complexity index is 383. The predicted molar refractivity (Wildman–Crippen MR) is 78.5 cm³/mol. The molecule has 0 radical (unpaired) electrons. The molecule has 0 amide bonds. The monoisotopic (exact) mass is 263 g/mol. The average molecular weight is 263 g/mol. The molecule has 1 unspecified atom stereocenters. The van der Waals surface area contributed by atoms with Gasteiger partial charge < -0.3 is 15.0 Å². The van der Waals surface area contributed by atoms with Gasteiger partial charge >= 0.3 is 0 Å². The molecule has 1 saturated heterocycles. The molecule has 0 bridgehead atoms. The number of nitrogens with zero attached hydrogens (tertiary/aromatic N) is 2. The normalized spacial score (nSPS) is 20.3. The van der Waals surface area contributed by atoms with Crippen molar-refractivity contribution in [3.05, 3.63) is 23.9 Å². The van der Waals surface area contributed by atoms with E-state index in [1.54, 1.807) is 0 Å². The fourth-order valence-corrected chi connectivity index (χ4v) is 2.36. The smallest absolute Gasteiger partial charge is 0.128 e. The molecule has 106 valence electrons. The van der Waals surface area contributed by atoms with Crippen LogP contribution in [0.1, 0.15) is 32.3 Å². The molecule has 4 nitrogen and oxygen atoms in total.